The Morgan fingerprint density at radius 3 is 2.61 bits per heavy atom. The first-order valence-corrected chi connectivity index (χ1v) is 6.69. The SMILES string of the molecule is CN(C)C(=O)N1CCC[C@]2(CCCC(=O)N2C)C1. The minimum atomic E-state index is -0.112. The minimum absolute atomic E-state index is 0.0560. The summed E-state index contributed by atoms with van der Waals surface area (Å²) in [6.07, 6.45) is 4.63. The lowest BCUT2D eigenvalue weighted by Gasteiger charge is -2.50. The van der Waals surface area contributed by atoms with Gasteiger partial charge in [0.1, 0.15) is 0 Å². The Kier molecular flexibility index (Phi) is 3.50. The number of nitrogens with zero attached hydrogens (tertiary/aromatic N) is 3. The van der Waals surface area contributed by atoms with Gasteiger partial charge in [0.15, 0.2) is 0 Å². The van der Waals surface area contributed by atoms with Gasteiger partial charge in [0.05, 0.1) is 5.54 Å². The van der Waals surface area contributed by atoms with E-state index >= 15 is 0 Å². The van der Waals surface area contributed by atoms with Crippen LogP contribution >= 0.6 is 0 Å². The maximum atomic E-state index is 12.1. The summed E-state index contributed by atoms with van der Waals surface area (Å²) in [6.45, 7) is 1.49. The van der Waals surface area contributed by atoms with Crippen molar-refractivity contribution in [1.29, 1.82) is 0 Å². The van der Waals surface area contributed by atoms with Gasteiger partial charge in [0.2, 0.25) is 5.91 Å². The van der Waals surface area contributed by atoms with Gasteiger partial charge >= 0.3 is 6.03 Å². The average Bonchev–Trinajstić information content (AvgIpc) is 2.35. The summed E-state index contributed by atoms with van der Waals surface area (Å²) >= 11 is 0. The Morgan fingerprint density at radius 2 is 1.94 bits per heavy atom. The van der Waals surface area contributed by atoms with Gasteiger partial charge in [-0.15, -0.1) is 0 Å². The largest absolute Gasteiger partial charge is 0.338 e. The smallest absolute Gasteiger partial charge is 0.319 e. The van der Waals surface area contributed by atoms with Crippen LogP contribution in [0, 0.1) is 0 Å². The van der Waals surface area contributed by atoms with Crippen molar-refractivity contribution in [3.05, 3.63) is 0 Å². The van der Waals surface area contributed by atoms with Gasteiger partial charge < -0.3 is 14.7 Å². The number of hydrogen-bond acceptors (Lipinski definition) is 2. The second-order valence-corrected chi connectivity index (χ2v) is 5.73. The lowest BCUT2D eigenvalue weighted by atomic mass is 9.80. The molecule has 0 aliphatic carbocycles. The number of likely N-dealkylation sites (tertiary alicyclic amines) is 2. The number of likely N-dealkylation sites (N-methyl/N-ethyl adjacent to an activating group) is 1. The molecule has 2 aliphatic heterocycles. The first-order valence-electron chi connectivity index (χ1n) is 6.69. The van der Waals surface area contributed by atoms with Crippen LogP contribution in [0.4, 0.5) is 4.79 Å². The molecule has 0 N–H and O–H groups in total. The standard InChI is InChI=1S/C13H23N3O2/c1-14(2)12(18)16-9-5-8-13(10-16)7-4-6-11(17)15(13)3/h4-10H2,1-3H3/t13-/m1/s1. The fraction of sp³-hybridized carbons (Fsp3) is 0.846. The van der Waals surface area contributed by atoms with E-state index in [0.29, 0.717) is 13.0 Å². The Morgan fingerprint density at radius 1 is 1.28 bits per heavy atom. The molecule has 102 valence electrons. The van der Waals surface area contributed by atoms with Crippen molar-refractivity contribution in [1.82, 2.24) is 14.7 Å². The highest BCUT2D eigenvalue weighted by Crippen LogP contribution is 2.35. The van der Waals surface area contributed by atoms with E-state index < -0.39 is 0 Å². The molecule has 0 aromatic rings. The van der Waals surface area contributed by atoms with E-state index in [4.69, 9.17) is 0 Å². The summed E-state index contributed by atoms with van der Waals surface area (Å²) in [5.41, 5.74) is -0.112. The summed E-state index contributed by atoms with van der Waals surface area (Å²) in [5, 5.41) is 0. The Hall–Kier alpha value is -1.26. The highest BCUT2D eigenvalue weighted by molar-refractivity contribution is 5.78. The summed E-state index contributed by atoms with van der Waals surface area (Å²) in [7, 11) is 5.45. The maximum Gasteiger partial charge on any atom is 0.319 e. The molecule has 5 nitrogen and oxygen atoms in total. The Balaban J connectivity index is 2.14. The molecule has 5 heteroatoms. The van der Waals surface area contributed by atoms with Gasteiger partial charge in [-0.2, -0.15) is 0 Å². The van der Waals surface area contributed by atoms with E-state index in [1.54, 1.807) is 19.0 Å². The molecule has 1 atom stereocenters. The Labute approximate surface area is 109 Å². The average molecular weight is 253 g/mol. The Bertz CT molecular complexity index is 352. The topological polar surface area (TPSA) is 43.9 Å². The van der Waals surface area contributed by atoms with Crippen molar-refractivity contribution >= 4 is 11.9 Å². The van der Waals surface area contributed by atoms with Gasteiger partial charge in [0, 0.05) is 40.7 Å². The summed E-state index contributed by atoms with van der Waals surface area (Å²) < 4.78 is 0. The second-order valence-electron chi connectivity index (χ2n) is 5.73. The van der Waals surface area contributed by atoms with Crippen molar-refractivity contribution in [2.75, 3.05) is 34.2 Å². The van der Waals surface area contributed by atoms with Crippen molar-refractivity contribution in [3.63, 3.8) is 0 Å². The second kappa shape index (κ2) is 4.78. The van der Waals surface area contributed by atoms with Crippen LogP contribution < -0.4 is 0 Å². The van der Waals surface area contributed by atoms with Crippen molar-refractivity contribution < 1.29 is 9.59 Å². The van der Waals surface area contributed by atoms with E-state index in [1.807, 2.05) is 16.8 Å². The summed E-state index contributed by atoms with van der Waals surface area (Å²) in [4.78, 5) is 29.3. The molecule has 0 aromatic heterocycles. The van der Waals surface area contributed by atoms with Crippen LogP contribution in [0.3, 0.4) is 0 Å². The van der Waals surface area contributed by atoms with Crippen LogP contribution in [0.15, 0.2) is 0 Å². The van der Waals surface area contributed by atoms with Crippen LogP contribution in [-0.4, -0.2) is 66.4 Å². The quantitative estimate of drug-likeness (QED) is 0.650. The van der Waals surface area contributed by atoms with Crippen molar-refractivity contribution in [3.8, 4) is 0 Å². The molecule has 2 rings (SSSR count). The van der Waals surface area contributed by atoms with Crippen LogP contribution in [0.1, 0.15) is 32.1 Å². The zero-order valence-corrected chi connectivity index (χ0v) is 11.6. The number of rotatable bonds is 0. The molecular weight excluding hydrogens is 230 g/mol. The van der Waals surface area contributed by atoms with Crippen LogP contribution in [0.2, 0.25) is 0 Å². The summed E-state index contributed by atoms with van der Waals surface area (Å²) in [5.74, 6) is 0.223. The molecule has 2 heterocycles. The maximum absolute atomic E-state index is 12.1. The van der Waals surface area contributed by atoms with Gasteiger partial charge in [0.25, 0.3) is 0 Å². The fourth-order valence-corrected chi connectivity index (χ4v) is 3.20. The van der Waals surface area contributed by atoms with Gasteiger partial charge in [-0.1, -0.05) is 0 Å². The van der Waals surface area contributed by atoms with E-state index in [1.165, 1.54) is 0 Å². The highest BCUT2D eigenvalue weighted by atomic mass is 16.2. The zero-order valence-electron chi connectivity index (χ0n) is 11.6. The molecule has 0 aromatic carbocycles. The molecule has 18 heavy (non-hydrogen) atoms. The lowest BCUT2D eigenvalue weighted by Crippen LogP contribution is -2.62. The first-order chi connectivity index (χ1) is 8.46. The van der Waals surface area contributed by atoms with E-state index in [-0.39, 0.29) is 17.5 Å². The van der Waals surface area contributed by atoms with E-state index in [9.17, 15) is 9.59 Å². The molecular formula is C13H23N3O2. The molecule has 0 radical (unpaired) electrons. The molecule has 1 spiro atoms. The normalized spacial score (nSPS) is 28.7. The molecule has 3 amide bonds. The van der Waals surface area contributed by atoms with Crippen LogP contribution in [0.5, 0.6) is 0 Å². The lowest BCUT2D eigenvalue weighted by molar-refractivity contribution is -0.142. The number of urea groups is 1. The predicted molar refractivity (Wildman–Crippen MR) is 69.2 cm³/mol. The van der Waals surface area contributed by atoms with Gasteiger partial charge in [-0.3, -0.25) is 4.79 Å². The third kappa shape index (κ3) is 2.18. The van der Waals surface area contributed by atoms with E-state index in [0.717, 1.165) is 32.2 Å². The first kappa shape index (κ1) is 13.2. The third-order valence-corrected chi connectivity index (χ3v) is 4.33. The number of hydrogen-bond donors (Lipinski definition) is 0. The number of carbonyl (C=O) groups excluding carboxylic acids is 2. The van der Waals surface area contributed by atoms with Gasteiger partial charge in [-0.05, 0) is 25.7 Å². The number of piperidine rings is 2. The minimum Gasteiger partial charge on any atom is -0.338 e. The molecule has 0 unspecified atom stereocenters. The molecule has 2 aliphatic rings. The monoisotopic (exact) mass is 253 g/mol. The summed E-state index contributed by atoms with van der Waals surface area (Å²) in [6, 6.07) is 0.0560. The highest BCUT2D eigenvalue weighted by Gasteiger charge is 2.44. The number of carbonyl (C=O) groups is 2. The number of amides is 3. The van der Waals surface area contributed by atoms with Gasteiger partial charge in [-0.25, -0.2) is 4.79 Å². The fourth-order valence-electron chi connectivity index (χ4n) is 3.20. The molecule has 2 fully saturated rings. The third-order valence-electron chi connectivity index (χ3n) is 4.33. The zero-order chi connectivity index (χ0) is 13.3. The van der Waals surface area contributed by atoms with Crippen molar-refractivity contribution in [2.24, 2.45) is 0 Å². The molecule has 0 saturated carbocycles. The van der Waals surface area contributed by atoms with Crippen LogP contribution in [0.25, 0.3) is 0 Å². The molecule has 0 bridgehead atoms. The van der Waals surface area contributed by atoms with E-state index in [2.05, 4.69) is 0 Å². The van der Waals surface area contributed by atoms with Crippen LogP contribution in [-0.2, 0) is 4.79 Å². The predicted octanol–water partition coefficient (Wildman–Crippen LogP) is 1.14. The van der Waals surface area contributed by atoms with Crippen molar-refractivity contribution in [2.45, 2.75) is 37.6 Å². The molecule has 2 saturated heterocycles.